The fourth-order valence-electron chi connectivity index (χ4n) is 1.72. The molecule has 3 N–H and O–H groups in total. The summed E-state index contributed by atoms with van der Waals surface area (Å²) in [6.07, 6.45) is 1.12. The van der Waals surface area contributed by atoms with Gasteiger partial charge >= 0.3 is 0 Å². The van der Waals surface area contributed by atoms with Crippen LogP contribution in [0.3, 0.4) is 0 Å². The third-order valence-corrected chi connectivity index (χ3v) is 3.31. The van der Waals surface area contributed by atoms with E-state index < -0.39 is 0 Å². The summed E-state index contributed by atoms with van der Waals surface area (Å²) in [4.78, 5) is 0.0933. The van der Waals surface area contributed by atoms with E-state index in [4.69, 9.17) is 18.0 Å². The van der Waals surface area contributed by atoms with Crippen LogP contribution in [0.15, 0.2) is 18.2 Å². The van der Waals surface area contributed by atoms with E-state index in [1.807, 2.05) is 6.07 Å². The molecular formula is C12H15FN2S. The topological polar surface area (TPSA) is 38.0 Å². The Morgan fingerprint density at radius 3 is 2.62 bits per heavy atom. The van der Waals surface area contributed by atoms with Crippen LogP contribution in [0.4, 0.5) is 10.1 Å². The molecule has 0 radical (unpaired) electrons. The number of nitrogens with two attached hydrogens (primary N) is 1. The van der Waals surface area contributed by atoms with Gasteiger partial charge in [-0.15, -0.1) is 0 Å². The number of benzene rings is 1. The van der Waals surface area contributed by atoms with E-state index in [2.05, 4.69) is 19.2 Å². The number of thiocarbonyl (C=S) groups is 1. The van der Waals surface area contributed by atoms with Crippen LogP contribution in [0.1, 0.15) is 25.8 Å². The molecule has 86 valence electrons. The van der Waals surface area contributed by atoms with Crippen molar-refractivity contribution in [1.29, 1.82) is 0 Å². The van der Waals surface area contributed by atoms with Crippen molar-refractivity contribution < 1.29 is 4.39 Å². The highest BCUT2D eigenvalue weighted by Gasteiger charge is 2.45. The zero-order chi connectivity index (χ0) is 11.9. The first-order valence-corrected chi connectivity index (χ1v) is 5.67. The maximum atomic E-state index is 13.6. The molecule has 0 saturated heterocycles. The van der Waals surface area contributed by atoms with Crippen LogP contribution >= 0.6 is 12.2 Å². The fraction of sp³-hybridized carbons (Fsp3) is 0.417. The van der Waals surface area contributed by atoms with Crippen molar-refractivity contribution in [3.05, 3.63) is 29.6 Å². The molecule has 1 aliphatic carbocycles. The first-order valence-electron chi connectivity index (χ1n) is 5.26. The van der Waals surface area contributed by atoms with E-state index >= 15 is 0 Å². The molecule has 0 aromatic heterocycles. The Morgan fingerprint density at radius 2 is 2.19 bits per heavy atom. The van der Waals surface area contributed by atoms with Gasteiger partial charge in [-0.1, -0.05) is 26.1 Å². The molecule has 1 aromatic rings. The molecule has 1 atom stereocenters. The normalized spacial score (nSPS) is 21.6. The highest BCUT2D eigenvalue weighted by molar-refractivity contribution is 7.80. The monoisotopic (exact) mass is 238 g/mol. The van der Waals surface area contributed by atoms with Crippen LogP contribution in [-0.2, 0) is 0 Å². The first-order chi connectivity index (χ1) is 7.40. The summed E-state index contributed by atoms with van der Waals surface area (Å²) in [5.74, 6) is -0.365. The number of nitrogens with one attached hydrogen (secondary N) is 1. The molecule has 1 fully saturated rings. The summed E-state index contributed by atoms with van der Waals surface area (Å²) in [5, 5.41) is 3.29. The zero-order valence-electron chi connectivity index (χ0n) is 9.38. The van der Waals surface area contributed by atoms with Gasteiger partial charge in [0.15, 0.2) is 0 Å². The van der Waals surface area contributed by atoms with Crippen LogP contribution in [0, 0.1) is 11.2 Å². The summed E-state index contributed by atoms with van der Waals surface area (Å²) >= 11 is 4.75. The predicted molar refractivity (Wildman–Crippen MR) is 68.1 cm³/mol. The lowest BCUT2D eigenvalue weighted by molar-refractivity contribution is 0.621. The maximum Gasteiger partial charge on any atom is 0.135 e. The molecule has 1 saturated carbocycles. The lowest BCUT2D eigenvalue weighted by Crippen LogP contribution is -2.13. The Hall–Kier alpha value is -1.16. The minimum absolute atomic E-state index is 0.0933. The molecule has 4 heteroatoms. The Labute approximate surface area is 100 Å². The first kappa shape index (κ1) is 11.3. The highest BCUT2D eigenvalue weighted by Crippen LogP contribution is 2.46. The van der Waals surface area contributed by atoms with Crippen molar-refractivity contribution >= 4 is 22.9 Å². The molecule has 0 aliphatic heterocycles. The number of hydrogen-bond donors (Lipinski definition) is 2. The van der Waals surface area contributed by atoms with Crippen LogP contribution in [0.5, 0.6) is 0 Å². The van der Waals surface area contributed by atoms with Gasteiger partial charge in [-0.25, -0.2) is 4.39 Å². The second-order valence-corrected chi connectivity index (χ2v) is 5.39. The van der Waals surface area contributed by atoms with Crippen LogP contribution in [-0.4, -0.2) is 11.0 Å². The van der Waals surface area contributed by atoms with Crippen LogP contribution in [0.25, 0.3) is 0 Å². The van der Waals surface area contributed by atoms with Gasteiger partial charge in [0, 0.05) is 17.3 Å². The molecule has 2 nitrogen and oxygen atoms in total. The lowest BCUT2D eigenvalue weighted by Gasteiger charge is -2.09. The van der Waals surface area contributed by atoms with Crippen molar-refractivity contribution in [1.82, 2.24) is 0 Å². The van der Waals surface area contributed by atoms with Crippen molar-refractivity contribution in [2.75, 3.05) is 5.32 Å². The summed E-state index contributed by atoms with van der Waals surface area (Å²) < 4.78 is 13.6. The molecule has 0 heterocycles. The van der Waals surface area contributed by atoms with Crippen LogP contribution in [0.2, 0.25) is 0 Å². The Morgan fingerprint density at radius 1 is 1.56 bits per heavy atom. The molecular weight excluding hydrogens is 223 g/mol. The van der Waals surface area contributed by atoms with Gasteiger partial charge in [0.25, 0.3) is 0 Å². The van der Waals surface area contributed by atoms with Gasteiger partial charge < -0.3 is 11.1 Å². The second-order valence-electron chi connectivity index (χ2n) is 4.95. The molecule has 1 aromatic carbocycles. The van der Waals surface area contributed by atoms with Gasteiger partial charge in [0.05, 0.1) is 0 Å². The lowest BCUT2D eigenvalue weighted by atomic mass is 10.1. The Kier molecular flexibility index (Phi) is 2.62. The number of hydrogen-bond acceptors (Lipinski definition) is 2. The largest absolute Gasteiger partial charge is 0.389 e. The van der Waals surface area contributed by atoms with Gasteiger partial charge in [-0.05, 0) is 30.0 Å². The van der Waals surface area contributed by atoms with E-state index in [9.17, 15) is 4.39 Å². The van der Waals surface area contributed by atoms with Gasteiger partial charge in [0.2, 0.25) is 0 Å². The molecule has 2 rings (SSSR count). The maximum absolute atomic E-state index is 13.6. The van der Waals surface area contributed by atoms with Crippen molar-refractivity contribution in [3.8, 4) is 0 Å². The standard InChI is InChI=1S/C12H15FN2S/c1-12(2)6-10(12)15-7-3-4-8(11(14)16)9(13)5-7/h3-5,10,15H,6H2,1-2H3,(H2,14,16). The van der Waals surface area contributed by atoms with Crippen molar-refractivity contribution in [2.45, 2.75) is 26.3 Å². The zero-order valence-corrected chi connectivity index (χ0v) is 10.2. The average molecular weight is 238 g/mol. The fourth-order valence-corrected chi connectivity index (χ4v) is 1.89. The highest BCUT2D eigenvalue weighted by atomic mass is 32.1. The predicted octanol–water partition coefficient (Wildman–Crippen LogP) is 2.67. The Bertz CT molecular complexity index is 443. The van der Waals surface area contributed by atoms with Crippen molar-refractivity contribution in [3.63, 3.8) is 0 Å². The molecule has 0 spiro atoms. The van der Waals surface area contributed by atoms with E-state index in [0.29, 0.717) is 17.0 Å². The number of rotatable bonds is 3. The molecule has 16 heavy (non-hydrogen) atoms. The summed E-state index contributed by atoms with van der Waals surface area (Å²) in [7, 11) is 0. The average Bonchev–Trinajstić information content (AvgIpc) is 2.72. The smallest absolute Gasteiger partial charge is 0.135 e. The third-order valence-electron chi connectivity index (χ3n) is 3.09. The van der Waals surface area contributed by atoms with Gasteiger partial charge in [0.1, 0.15) is 10.8 Å². The SMILES string of the molecule is CC1(C)CC1Nc1ccc(C(N)=S)c(F)c1. The number of anilines is 1. The molecule has 1 aliphatic rings. The Balaban J connectivity index is 2.13. The second kappa shape index (κ2) is 3.70. The molecule has 0 bridgehead atoms. The summed E-state index contributed by atoms with van der Waals surface area (Å²) in [5.41, 5.74) is 6.80. The third kappa shape index (κ3) is 2.16. The van der Waals surface area contributed by atoms with Crippen molar-refractivity contribution in [2.24, 2.45) is 11.1 Å². The van der Waals surface area contributed by atoms with E-state index in [-0.39, 0.29) is 10.8 Å². The molecule has 0 amide bonds. The minimum Gasteiger partial charge on any atom is -0.389 e. The summed E-state index contributed by atoms with van der Waals surface area (Å²) in [6, 6.07) is 5.31. The summed E-state index contributed by atoms with van der Waals surface area (Å²) in [6.45, 7) is 4.37. The molecule has 1 unspecified atom stereocenters. The number of halogens is 1. The van der Waals surface area contributed by atoms with Gasteiger partial charge in [-0.3, -0.25) is 0 Å². The van der Waals surface area contributed by atoms with E-state index in [0.717, 1.165) is 12.1 Å². The van der Waals surface area contributed by atoms with Gasteiger partial charge in [-0.2, -0.15) is 0 Å². The van der Waals surface area contributed by atoms with E-state index in [1.54, 1.807) is 6.07 Å². The van der Waals surface area contributed by atoms with Crippen LogP contribution < -0.4 is 11.1 Å². The minimum atomic E-state index is -0.365. The van der Waals surface area contributed by atoms with E-state index in [1.165, 1.54) is 6.07 Å². The quantitative estimate of drug-likeness (QED) is 0.795.